The molecule has 10 nitrogen and oxygen atoms in total. The van der Waals surface area contributed by atoms with Crippen LogP contribution in [-0.2, 0) is 15.9 Å². The lowest BCUT2D eigenvalue weighted by atomic mass is 9.98. The first-order chi connectivity index (χ1) is 19.1. The molecule has 40 heavy (non-hydrogen) atoms. The van der Waals surface area contributed by atoms with Crippen molar-refractivity contribution in [2.24, 2.45) is 0 Å². The quantitative estimate of drug-likeness (QED) is 0.370. The lowest BCUT2D eigenvalue weighted by Crippen LogP contribution is -2.42. The Bertz CT molecular complexity index is 1360. The van der Waals surface area contributed by atoms with E-state index in [4.69, 9.17) is 14.5 Å². The van der Waals surface area contributed by atoms with Crippen molar-refractivity contribution in [2.75, 3.05) is 25.0 Å². The van der Waals surface area contributed by atoms with Gasteiger partial charge in [0.2, 0.25) is 0 Å². The van der Waals surface area contributed by atoms with E-state index in [-0.39, 0.29) is 30.2 Å². The van der Waals surface area contributed by atoms with Crippen molar-refractivity contribution in [1.82, 2.24) is 19.9 Å². The van der Waals surface area contributed by atoms with Gasteiger partial charge < -0.3 is 24.7 Å². The molecular formula is C30H37N5O5. The molecule has 0 unspecified atom stereocenters. The molecule has 4 rings (SSSR count). The Morgan fingerprint density at radius 3 is 2.55 bits per heavy atom. The van der Waals surface area contributed by atoms with Crippen LogP contribution in [0.1, 0.15) is 85.6 Å². The predicted molar refractivity (Wildman–Crippen MR) is 151 cm³/mol. The van der Waals surface area contributed by atoms with Crippen molar-refractivity contribution >= 4 is 23.8 Å². The summed E-state index contributed by atoms with van der Waals surface area (Å²) in [5.74, 6) is 0.197. The van der Waals surface area contributed by atoms with Crippen LogP contribution in [0, 0.1) is 0 Å². The SMILES string of the molecule is CCOC(=O)c1[nH]c([C@@H]2CCCN(C(=O)OC(C)(C)C)C2)nc1-c1ccc(C(=O)Nc2cc(CC)ccn2)cc1. The number of benzene rings is 1. The molecule has 1 fully saturated rings. The number of likely N-dealkylation sites (tertiary alicyclic amines) is 1. The Kier molecular flexibility index (Phi) is 8.86. The number of imidazole rings is 1. The van der Waals surface area contributed by atoms with Gasteiger partial charge in [-0.1, -0.05) is 19.1 Å². The Morgan fingerprint density at radius 2 is 1.88 bits per heavy atom. The molecule has 1 saturated heterocycles. The molecule has 0 radical (unpaired) electrons. The van der Waals surface area contributed by atoms with Gasteiger partial charge in [0, 0.05) is 36.3 Å². The molecule has 212 valence electrons. The van der Waals surface area contributed by atoms with Crippen LogP contribution >= 0.6 is 0 Å². The van der Waals surface area contributed by atoms with Gasteiger partial charge in [-0.15, -0.1) is 0 Å². The molecule has 2 aromatic heterocycles. The molecule has 0 bridgehead atoms. The third kappa shape index (κ3) is 7.05. The van der Waals surface area contributed by atoms with Gasteiger partial charge in [0.1, 0.15) is 22.9 Å². The minimum atomic E-state index is -0.585. The number of aryl methyl sites for hydroxylation is 1. The third-order valence-electron chi connectivity index (χ3n) is 6.56. The van der Waals surface area contributed by atoms with Gasteiger partial charge >= 0.3 is 12.1 Å². The summed E-state index contributed by atoms with van der Waals surface area (Å²) in [4.78, 5) is 52.2. The number of nitrogens with zero attached hydrogens (tertiary/aromatic N) is 3. The highest BCUT2D eigenvalue weighted by Gasteiger charge is 2.31. The molecule has 1 aromatic carbocycles. The first-order valence-electron chi connectivity index (χ1n) is 13.7. The number of nitrogens with one attached hydrogen (secondary N) is 2. The lowest BCUT2D eigenvalue weighted by Gasteiger charge is -2.33. The van der Waals surface area contributed by atoms with Crippen LogP contribution in [0.3, 0.4) is 0 Å². The maximum Gasteiger partial charge on any atom is 0.410 e. The van der Waals surface area contributed by atoms with E-state index in [9.17, 15) is 14.4 Å². The fourth-order valence-electron chi connectivity index (χ4n) is 4.57. The first-order valence-corrected chi connectivity index (χ1v) is 13.7. The van der Waals surface area contributed by atoms with E-state index < -0.39 is 11.6 Å². The fraction of sp³-hybridized carbons (Fsp3) is 0.433. The summed E-state index contributed by atoms with van der Waals surface area (Å²) in [6, 6.07) is 10.6. The van der Waals surface area contributed by atoms with Crippen LogP contribution in [0.15, 0.2) is 42.6 Å². The van der Waals surface area contributed by atoms with Crippen molar-refractivity contribution in [1.29, 1.82) is 0 Å². The highest BCUT2D eigenvalue weighted by Crippen LogP contribution is 2.31. The summed E-state index contributed by atoms with van der Waals surface area (Å²) >= 11 is 0. The van der Waals surface area contributed by atoms with E-state index >= 15 is 0 Å². The Morgan fingerprint density at radius 1 is 1.12 bits per heavy atom. The monoisotopic (exact) mass is 547 g/mol. The van der Waals surface area contributed by atoms with Gasteiger partial charge in [-0.25, -0.2) is 19.6 Å². The highest BCUT2D eigenvalue weighted by atomic mass is 16.6. The smallest absolute Gasteiger partial charge is 0.410 e. The second-order valence-corrected chi connectivity index (χ2v) is 10.8. The normalized spacial score (nSPS) is 15.4. The molecule has 3 aromatic rings. The average Bonchev–Trinajstić information content (AvgIpc) is 3.38. The first kappa shape index (κ1) is 28.8. The molecule has 1 atom stereocenters. The average molecular weight is 548 g/mol. The van der Waals surface area contributed by atoms with Crippen molar-refractivity contribution in [2.45, 2.75) is 65.4 Å². The number of aromatic nitrogens is 3. The van der Waals surface area contributed by atoms with Crippen molar-refractivity contribution in [3.63, 3.8) is 0 Å². The van der Waals surface area contributed by atoms with Gasteiger partial charge in [-0.05, 0) is 76.8 Å². The maximum absolute atomic E-state index is 12.8. The predicted octanol–water partition coefficient (Wildman–Crippen LogP) is 5.58. The Hall–Kier alpha value is -4.21. The second-order valence-electron chi connectivity index (χ2n) is 10.8. The lowest BCUT2D eigenvalue weighted by molar-refractivity contribution is 0.0195. The standard InChI is InChI=1S/C30H37N5O5/c1-6-19-14-15-31-23(17-19)32-27(36)21-12-10-20(11-13-21)24-25(28(37)39-7-2)34-26(33-24)22-9-8-16-35(18-22)29(38)40-30(3,4)5/h10-15,17,22H,6-9,16,18H2,1-5H3,(H,33,34)(H,31,32,36)/t22-/m1/s1. The van der Waals surface area contributed by atoms with E-state index in [0.29, 0.717) is 41.6 Å². The summed E-state index contributed by atoms with van der Waals surface area (Å²) < 4.78 is 10.8. The molecule has 0 spiro atoms. The number of piperidine rings is 1. The number of esters is 1. The van der Waals surface area contributed by atoms with Gasteiger partial charge in [0.15, 0.2) is 5.69 Å². The van der Waals surface area contributed by atoms with Crippen LogP contribution in [0.4, 0.5) is 10.6 Å². The van der Waals surface area contributed by atoms with Gasteiger partial charge in [0.25, 0.3) is 5.91 Å². The largest absolute Gasteiger partial charge is 0.461 e. The molecule has 0 aliphatic carbocycles. The summed E-state index contributed by atoms with van der Waals surface area (Å²) in [5, 5.41) is 2.82. The minimum absolute atomic E-state index is 0.0976. The number of carbonyl (C=O) groups is 3. The van der Waals surface area contributed by atoms with Crippen molar-refractivity contribution in [3.8, 4) is 11.3 Å². The summed E-state index contributed by atoms with van der Waals surface area (Å²) in [6.07, 6.45) is 3.74. The summed E-state index contributed by atoms with van der Waals surface area (Å²) in [6.45, 7) is 10.5. The number of carbonyl (C=O) groups excluding carboxylic acids is 3. The maximum atomic E-state index is 12.8. The summed E-state index contributed by atoms with van der Waals surface area (Å²) in [5.41, 5.74) is 2.27. The number of pyridine rings is 1. The fourth-order valence-corrected chi connectivity index (χ4v) is 4.57. The second kappa shape index (κ2) is 12.3. The third-order valence-corrected chi connectivity index (χ3v) is 6.56. The molecule has 1 aliphatic rings. The Labute approximate surface area is 234 Å². The number of aromatic amines is 1. The van der Waals surface area contributed by atoms with Crippen LogP contribution in [-0.4, -0.2) is 63.1 Å². The molecule has 1 aliphatic heterocycles. The van der Waals surface area contributed by atoms with Crippen LogP contribution in [0.2, 0.25) is 0 Å². The molecule has 10 heteroatoms. The molecular weight excluding hydrogens is 510 g/mol. The molecule has 3 heterocycles. The molecule has 0 saturated carbocycles. The van der Waals surface area contributed by atoms with E-state index in [0.717, 1.165) is 24.8 Å². The van der Waals surface area contributed by atoms with Crippen molar-refractivity contribution < 1.29 is 23.9 Å². The van der Waals surface area contributed by atoms with Crippen molar-refractivity contribution in [3.05, 3.63) is 65.2 Å². The van der Waals surface area contributed by atoms with Gasteiger partial charge in [-0.3, -0.25) is 4.79 Å². The number of rotatable bonds is 7. The van der Waals surface area contributed by atoms with E-state index in [1.165, 1.54) is 0 Å². The van der Waals surface area contributed by atoms with E-state index in [1.54, 1.807) is 42.3 Å². The molecule has 2 amide bonds. The van der Waals surface area contributed by atoms with E-state index in [1.807, 2.05) is 39.8 Å². The zero-order valence-electron chi connectivity index (χ0n) is 23.7. The van der Waals surface area contributed by atoms with Crippen LogP contribution in [0.25, 0.3) is 11.3 Å². The van der Waals surface area contributed by atoms with Crippen LogP contribution < -0.4 is 5.32 Å². The number of amides is 2. The minimum Gasteiger partial charge on any atom is -0.461 e. The number of ether oxygens (including phenoxy) is 2. The number of anilines is 1. The van der Waals surface area contributed by atoms with Crippen LogP contribution in [0.5, 0.6) is 0 Å². The summed E-state index contributed by atoms with van der Waals surface area (Å²) in [7, 11) is 0. The number of hydrogen-bond donors (Lipinski definition) is 2. The van der Waals surface area contributed by atoms with E-state index in [2.05, 4.69) is 15.3 Å². The zero-order valence-corrected chi connectivity index (χ0v) is 23.7. The van der Waals surface area contributed by atoms with Gasteiger partial charge in [0.05, 0.1) is 6.61 Å². The zero-order chi connectivity index (χ0) is 28.9. The highest BCUT2D eigenvalue weighted by molar-refractivity contribution is 6.04. The molecule has 2 N–H and O–H groups in total. The topological polar surface area (TPSA) is 127 Å². The van der Waals surface area contributed by atoms with Gasteiger partial charge in [-0.2, -0.15) is 0 Å². The number of hydrogen-bond acceptors (Lipinski definition) is 7. The Balaban J connectivity index is 1.56. The number of H-pyrrole nitrogens is 1.